The molecule has 0 aliphatic heterocycles. The number of carbonyl (C=O) groups is 1. The van der Waals surface area contributed by atoms with E-state index in [4.69, 9.17) is 9.47 Å². The minimum absolute atomic E-state index is 0.0752. The fourth-order valence-electron chi connectivity index (χ4n) is 2.91. The highest BCUT2D eigenvalue weighted by atomic mass is 19.2. The molecule has 10 heteroatoms. The molecule has 0 bridgehead atoms. The van der Waals surface area contributed by atoms with Crippen LogP contribution in [-0.2, 0) is 17.9 Å². The summed E-state index contributed by atoms with van der Waals surface area (Å²) in [5.74, 6) is -8.17. The summed E-state index contributed by atoms with van der Waals surface area (Å²) in [6.45, 7) is -0.406. The van der Waals surface area contributed by atoms with Crippen molar-refractivity contribution in [1.82, 2.24) is 10.3 Å². The maximum atomic E-state index is 13.9. The van der Waals surface area contributed by atoms with E-state index in [1.165, 1.54) is 31.4 Å². The van der Waals surface area contributed by atoms with E-state index in [0.29, 0.717) is 11.3 Å². The fourth-order valence-corrected chi connectivity index (χ4v) is 2.91. The molecule has 0 saturated heterocycles. The number of hydrogen-bond donors (Lipinski definition) is 1. The van der Waals surface area contributed by atoms with E-state index in [1.807, 2.05) is 0 Å². The van der Waals surface area contributed by atoms with Crippen molar-refractivity contribution in [2.75, 3.05) is 7.11 Å². The number of hydrogen-bond acceptors (Lipinski definition) is 5. The molecular formula is C24H17F4N3O3. The topological polar surface area (TPSA) is 84.2 Å². The van der Waals surface area contributed by atoms with Crippen LogP contribution in [0.25, 0.3) is 6.08 Å². The summed E-state index contributed by atoms with van der Waals surface area (Å²) in [7, 11) is 1.34. The lowest BCUT2D eigenvalue weighted by molar-refractivity contribution is -0.117. The zero-order valence-electron chi connectivity index (χ0n) is 17.7. The Balaban J connectivity index is 1.81. The summed E-state index contributed by atoms with van der Waals surface area (Å²) in [6, 6.07) is 11.5. The zero-order valence-corrected chi connectivity index (χ0v) is 17.7. The molecule has 174 valence electrons. The van der Waals surface area contributed by atoms with Gasteiger partial charge in [-0.1, -0.05) is 12.1 Å². The standard InChI is InChI=1S/C24H17F4N3O3/c1-33-20-6-5-14(8-15(11-29)24(32)31-12-17-4-2-3-7-30-17)9-16(20)13-34-23-21(27)18(25)10-19(26)22(23)28/h2-10H,12-13H2,1H3,(H,31,32). The molecule has 0 saturated carbocycles. The minimum Gasteiger partial charge on any atom is -0.496 e. The molecule has 1 aromatic heterocycles. The van der Waals surface area contributed by atoms with Gasteiger partial charge in [0.05, 0.1) is 19.3 Å². The number of nitrogens with one attached hydrogen (secondary N) is 1. The van der Waals surface area contributed by atoms with Gasteiger partial charge in [0.25, 0.3) is 5.91 Å². The summed E-state index contributed by atoms with van der Waals surface area (Å²) in [5.41, 5.74) is 1.00. The van der Waals surface area contributed by atoms with Crippen molar-refractivity contribution >= 4 is 12.0 Å². The number of benzene rings is 2. The average Bonchev–Trinajstić information content (AvgIpc) is 2.85. The Labute approximate surface area is 192 Å². The van der Waals surface area contributed by atoms with Gasteiger partial charge in [0, 0.05) is 17.8 Å². The van der Waals surface area contributed by atoms with Crippen molar-refractivity contribution in [2.45, 2.75) is 13.2 Å². The molecule has 0 spiro atoms. The van der Waals surface area contributed by atoms with Gasteiger partial charge in [-0.05, 0) is 35.9 Å². The van der Waals surface area contributed by atoms with Crippen molar-refractivity contribution in [1.29, 1.82) is 5.26 Å². The van der Waals surface area contributed by atoms with Crippen molar-refractivity contribution in [3.63, 3.8) is 0 Å². The fraction of sp³-hybridized carbons (Fsp3) is 0.125. The molecule has 2 aromatic carbocycles. The number of ether oxygens (including phenoxy) is 2. The SMILES string of the molecule is COc1ccc(C=C(C#N)C(=O)NCc2ccccn2)cc1COc1c(F)c(F)cc(F)c1F. The van der Waals surface area contributed by atoms with Crippen LogP contribution < -0.4 is 14.8 Å². The van der Waals surface area contributed by atoms with Crippen LogP contribution in [0.2, 0.25) is 0 Å². The Bertz CT molecular complexity index is 1250. The lowest BCUT2D eigenvalue weighted by Gasteiger charge is -2.13. The first-order chi connectivity index (χ1) is 16.3. The first-order valence-electron chi connectivity index (χ1n) is 9.76. The van der Waals surface area contributed by atoms with Gasteiger partial charge in [-0.25, -0.2) is 8.78 Å². The third-order valence-electron chi connectivity index (χ3n) is 4.58. The predicted molar refractivity (Wildman–Crippen MR) is 113 cm³/mol. The van der Waals surface area contributed by atoms with Gasteiger partial charge in [0.15, 0.2) is 17.4 Å². The average molecular weight is 471 g/mol. The highest BCUT2D eigenvalue weighted by Gasteiger charge is 2.21. The Hall–Kier alpha value is -4.39. The molecule has 1 amide bonds. The van der Waals surface area contributed by atoms with Crippen molar-refractivity contribution in [2.24, 2.45) is 0 Å². The van der Waals surface area contributed by atoms with Crippen molar-refractivity contribution in [3.8, 4) is 17.6 Å². The molecule has 3 aromatic rings. The second-order valence-electron chi connectivity index (χ2n) is 6.83. The molecule has 0 atom stereocenters. The van der Waals surface area contributed by atoms with Crippen molar-refractivity contribution in [3.05, 3.63) is 94.3 Å². The van der Waals surface area contributed by atoms with E-state index in [1.54, 1.807) is 30.5 Å². The van der Waals surface area contributed by atoms with E-state index in [-0.39, 0.29) is 29.5 Å². The van der Waals surface area contributed by atoms with E-state index >= 15 is 0 Å². The molecule has 34 heavy (non-hydrogen) atoms. The third-order valence-corrected chi connectivity index (χ3v) is 4.58. The van der Waals surface area contributed by atoms with Crippen LogP contribution in [0.5, 0.6) is 11.5 Å². The third kappa shape index (κ3) is 5.69. The monoisotopic (exact) mass is 471 g/mol. The van der Waals surface area contributed by atoms with Gasteiger partial charge >= 0.3 is 0 Å². The maximum absolute atomic E-state index is 13.9. The molecule has 0 fully saturated rings. The lowest BCUT2D eigenvalue weighted by Crippen LogP contribution is -2.24. The largest absolute Gasteiger partial charge is 0.496 e. The molecule has 3 rings (SSSR count). The normalized spacial score (nSPS) is 11.0. The number of nitrogens with zero attached hydrogens (tertiary/aromatic N) is 2. The van der Waals surface area contributed by atoms with Crippen molar-refractivity contribution < 1.29 is 31.8 Å². The molecular weight excluding hydrogens is 454 g/mol. The Kier molecular flexibility index (Phi) is 7.82. The minimum atomic E-state index is -1.68. The van der Waals surface area contributed by atoms with Gasteiger partial charge in [0.2, 0.25) is 11.6 Å². The summed E-state index contributed by atoms with van der Waals surface area (Å²) in [4.78, 5) is 16.5. The van der Waals surface area contributed by atoms with Gasteiger partial charge in [0.1, 0.15) is 24.0 Å². The maximum Gasteiger partial charge on any atom is 0.262 e. The number of halogens is 4. The van der Waals surface area contributed by atoms with Crippen LogP contribution >= 0.6 is 0 Å². The summed E-state index contributed by atoms with van der Waals surface area (Å²) in [5, 5.41) is 12.0. The predicted octanol–water partition coefficient (Wildman–Crippen LogP) is 4.45. The number of methoxy groups -OCH3 is 1. The Morgan fingerprint density at radius 3 is 2.47 bits per heavy atom. The lowest BCUT2D eigenvalue weighted by atomic mass is 10.1. The van der Waals surface area contributed by atoms with Gasteiger partial charge < -0.3 is 14.8 Å². The smallest absolute Gasteiger partial charge is 0.262 e. The number of rotatable bonds is 8. The second-order valence-corrected chi connectivity index (χ2v) is 6.83. The van der Waals surface area contributed by atoms with Crippen LogP contribution in [0.3, 0.4) is 0 Å². The van der Waals surface area contributed by atoms with Gasteiger partial charge in [-0.3, -0.25) is 9.78 Å². The molecule has 1 heterocycles. The molecule has 1 N–H and O–H groups in total. The summed E-state index contributed by atoms with van der Waals surface area (Å²) >= 11 is 0. The number of nitriles is 1. The molecule has 0 aliphatic carbocycles. The summed E-state index contributed by atoms with van der Waals surface area (Å²) in [6.07, 6.45) is 2.86. The number of aromatic nitrogens is 1. The number of carbonyl (C=O) groups excluding carboxylic acids is 1. The highest BCUT2D eigenvalue weighted by Crippen LogP contribution is 2.29. The van der Waals surface area contributed by atoms with E-state index in [2.05, 4.69) is 10.3 Å². The molecule has 0 radical (unpaired) electrons. The molecule has 0 unspecified atom stereocenters. The van der Waals surface area contributed by atoms with E-state index in [0.717, 1.165) is 0 Å². The quantitative estimate of drug-likeness (QED) is 0.227. The zero-order chi connectivity index (χ0) is 24.7. The first kappa shape index (κ1) is 24.3. The van der Waals surface area contributed by atoms with Crippen LogP contribution in [0.15, 0.2) is 54.2 Å². The second kappa shape index (κ2) is 11.0. The van der Waals surface area contributed by atoms with Crippen LogP contribution in [0, 0.1) is 34.6 Å². The number of amides is 1. The van der Waals surface area contributed by atoms with Crippen LogP contribution in [0.4, 0.5) is 17.6 Å². The molecule has 6 nitrogen and oxygen atoms in total. The number of pyridine rings is 1. The van der Waals surface area contributed by atoms with Gasteiger partial charge in [-0.15, -0.1) is 0 Å². The van der Waals surface area contributed by atoms with Gasteiger partial charge in [-0.2, -0.15) is 14.0 Å². The summed E-state index contributed by atoms with van der Waals surface area (Å²) < 4.78 is 64.8. The van der Waals surface area contributed by atoms with Crippen LogP contribution in [-0.4, -0.2) is 18.0 Å². The Morgan fingerprint density at radius 2 is 1.85 bits per heavy atom. The first-order valence-corrected chi connectivity index (χ1v) is 9.76. The van der Waals surface area contributed by atoms with E-state index in [9.17, 15) is 27.6 Å². The Morgan fingerprint density at radius 1 is 1.12 bits per heavy atom. The molecule has 0 aliphatic rings. The highest BCUT2D eigenvalue weighted by molar-refractivity contribution is 6.01. The van der Waals surface area contributed by atoms with E-state index < -0.39 is 41.5 Å². The van der Waals surface area contributed by atoms with Crippen LogP contribution in [0.1, 0.15) is 16.8 Å².